The fourth-order valence-corrected chi connectivity index (χ4v) is 4.03. The molecule has 1 aliphatic heterocycles. The normalized spacial score (nSPS) is 13.1. The number of aromatic amines is 1. The molecule has 11 heteroatoms. The fourth-order valence-electron chi connectivity index (χ4n) is 3.70. The van der Waals surface area contributed by atoms with Crippen molar-refractivity contribution < 1.29 is 23.9 Å². The van der Waals surface area contributed by atoms with E-state index >= 15 is 0 Å². The highest BCUT2D eigenvalue weighted by Crippen LogP contribution is 2.18. The van der Waals surface area contributed by atoms with Crippen LogP contribution < -0.4 is 10.1 Å². The molecule has 1 saturated heterocycles. The molecule has 0 unspecified atom stereocenters. The number of ether oxygens (including phenoxy) is 2. The number of carbonyl (C=O) groups excluding carboxylic acids is 3. The van der Waals surface area contributed by atoms with Crippen molar-refractivity contribution in [3.63, 3.8) is 0 Å². The first-order chi connectivity index (χ1) is 17.9. The van der Waals surface area contributed by atoms with Crippen molar-refractivity contribution >= 4 is 29.5 Å². The standard InChI is InChI=1S/C17H24N2O4S.C9H13N3O/c1-19(11-13-7-5-6-8-15(13)22-2)12-16(20)18-14(9-10-24-4)17(21)23-3;13-9(12-3-1-2-4-12)5-8-6-10-7-11-8/h5-9H,10-12H2,1-4H3,(H,18,20);6-7H,1-5H2,(H,10,11)/b14-9+;. The number of para-hydroxylation sites is 1. The summed E-state index contributed by atoms with van der Waals surface area (Å²) in [6.07, 6.45) is 9.62. The first-order valence-electron chi connectivity index (χ1n) is 12.0. The number of thioether (sulfide) groups is 1. The second-order valence-electron chi connectivity index (χ2n) is 8.44. The van der Waals surface area contributed by atoms with Crippen LogP contribution in [0.4, 0.5) is 0 Å². The topological polar surface area (TPSA) is 117 Å². The fraction of sp³-hybridized carbons (Fsp3) is 0.462. The van der Waals surface area contributed by atoms with Crippen LogP contribution in [0.25, 0.3) is 0 Å². The molecule has 2 amide bonds. The van der Waals surface area contributed by atoms with Crippen molar-refractivity contribution in [3.8, 4) is 5.75 Å². The van der Waals surface area contributed by atoms with Gasteiger partial charge in [0.15, 0.2) is 0 Å². The van der Waals surface area contributed by atoms with Crippen molar-refractivity contribution in [1.29, 1.82) is 0 Å². The van der Waals surface area contributed by atoms with Crippen LogP contribution in [-0.4, -0.2) is 90.5 Å². The molecule has 2 N–H and O–H groups in total. The van der Waals surface area contributed by atoms with Gasteiger partial charge >= 0.3 is 5.97 Å². The molecule has 2 heterocycles. The number of methoxy groups -OCH3 is 2. The Kier molecular flexibility index (Phi) is 13.3. The molecule has 10 nitrogen and oxygen atoms in total. The molecule has 3 rings (SSSR count). The Balaban J connectivity index is 0.000000308. The summed E-state index contributed by atoms with van der Waals surface area (Å²) in [5.74, 6) is 0.776. The Morgan fingerprint density at radius 2 is 1.95 bits per heavy atom. The van der Waals surface area contributed by atoms with Crippen molar-refractivity contribution in [1.82, 2.24) is 25.1 Å². The number of hydrogen-bond acceptors (Lipinski definition) is 8. The van der Waals surface area contributed by atoms with E-state index in [4.69, 9.17) is 4.74 Å². The number of rotatable bonds is 11. The molecule has 37 heavy (non-hydrogen) atoms. The maximum Gasteiger partial charge on any atom is 0.354 e. The van der Waals surface area contributed by atoms with Gasteiger partial charge in [0.25, 0.3) is 0 Å². The van der Waals surface area contributed by atoms with Gasteiger partial charge in [0.1, 0.15) is 11.4 Å². The first kappa shape index (κ1) is 29.9. The van der Waals surface area contributed by atoms with Crippen LogP contribution in [-0.2, 0) is 32.1 Å². The molecule has 0 bridgehead atoms. The molecule has 0 atom stereocenters. The molecule has 0 saturated carbocycles. The number of H-pyrrole nitrogens is 1. The average molecular weight is 532 g/mol. The van der Waals surface area contributed by atoms with Crippen molar-refractivity contribution in [2.75, 3.05) is 52.9 Å². The van der Waals surface area contributed by atoms with Crippen LogP contribution in [0, 0.1) is 0 Å². The molecule has 0 radical (unpaired) electrons. The summed E-state index contributed by atoms with van der Waals surface area (Å²) in [6, 6.07) is 7.65. The second kappa shape index (κ2) is 16.4. The van der Waals surface area contributed by atoms with E-state index in [-0.39, 0.29) is 24.1 Å². The van der Waals surface area contributed by atoms with Crippen LogP contribution in [0.5, 0.6) is 5.75 Å². The summed E-state index contributed by atoms with van der Waals surface area (Å²) in [5.41, 5.74) is 2.06. The number of likely N-dealkylation sites (tertiary alicyclic amines) is 1. The van der Waals surface area contributed by atoms with Gasteiger partial charge < -0.3 is 24.7 Å². The summed E-state index contributed by atoms with van der Waals surface area (Å²) in [5, 5.41) is 2.61. The summed E-state index contributed by atoms with van der Waals surface area (Å²) < 4.78 is 9.99. The molecular formula is C26H37N5O5S. The summed E-state index contributed by atoms with van der Waals surface area (Å²) in [7, 11) is 4.73. The maximum atomic E-state index is 12.2. The van der Waals surface area contributed by atoms with Gasteiger partial charge in [-0.3, -0.25) is 14.5 Å². The number of nitrogens with zero attached hydrogens (tertiary/aromatic N) is 3. The lowest BCUT2D eigenvalue weighted by molar-refractivity contribution is -0.138. The quantitative estimate of drug-likeness (QED) is 0.335. The Morgan fingerprint density at radius 3 is 2.57 bits per heavy atom. The van der Waals surface area contributed by atoms with Gasteiger partial charge in [-0.05, 0) is 38.3 Å². The third-order valence-corrected chi connectivity index (χ3v) is 6.04. The Labute approximate surface area is 222 Å². The largest absolute Gasteiger partial charge is 0.496 e. The number of likely N-dealkylation sites (N-methyl/N-ethyl adjacent to an activating group) is 1. The molecule has 1 aromatic carbocycles. The molecule has 0 spiro atoms. The molecule has 2 aromatic rings. The van der Waals surface area contributed by atoms with E-state index in [1.165, 1.54) is 7.11 Å². The lowest BCUT2D eigenvalue weighted by Gasteiger charge is -2.18. The Hall–Kier alpha value is -3.31. The van der Waals surface area contributed by atoms with E-state index in [0.29, 0.717) is 18.7 Å². The predicted molar refractivity (Wildman–Crippen MR) is 144 cm³/mol. The van der Waals surface area contributed by atoms with Gasteiger partial charge in [-0.2, -0.15) is 11.8 Å². The van der Waals surface area contributed by atoms with Gasteiger partial charge in [0.2, 0.25) is 11.8 Å². The van der Waals surface area contributed by atoms with Gasteiger partial charge in [-0.15, -0.1) is 0 Å². The van der Waals surface area contributed by atoms with Crippen LogP contribution in [0.15, 0.2) is 48.6 Å². The van der Waals surface area contributed by atoms with Crippen LogP contribution in [0.3, 0.4) is 0 Å². The zero-order valence-electron chi connectivity index (χ0n) is 22.0. The number of aromatic nitrogens is 2. The molecule has 1 fully saturated rings. The van der Waals surface area contributed by atoms with E-state index in [9.17, 15) is 14.4 Å². The summed E-state index contributed by atoms with van der Waals surface area (Å²) >= 11 is 1.54. The van der Waals surface area contributed by atoms with Gasteiger partial charge in [-0.1, -0.05) is 18.2 Å². The number of nitrogens with one attached hydrogen (secondary N) is 2. The minimum Gasteiger partial charge on any atom is -0.496 e. The van der Waals surface area contributed by atoms with E-state index < -0.39 is 5.97 Å². The van der Waals surface area contributed by atoms with E-state index in [2.05, 4.69) is 20.0 Å². The summed E-state index contributed by atoms with van der Waals surface area (Å²) in [6.45, 7) is 2.55. The molecule has 1 aliphatic rings. The average Bonchev–Trinajstić information content (AvgIpc) is 3.61. The number of carbonyl (C=O) groups is 3. The third-order valence-electron chi connectivity index (χ3n) is 5.54. The van der Waals surface area contributed by atoms with Crippen molar-refractivity contribution in [3.05, 3.63) is 59.8 Å². The van der Waals surface area contributed by atoms with E-state index in [1.54, 1.807) is 37.5 Å². The number of amides is 2. The highest BCUT2D eigenvalue weighted by Gasteiger charge is 2.18. The maximum absolute atomic E-state index is 12.2. The molecule has 1 aromatic heterocycles. The van der Waals surface area contributed by atoms with Crippen LogP contribution in [0.2, 0.25) is 0 Å². The lowest BCUT2D eigenvalue weighted by atomic mass is 10.2. The zero-order chi connectivity index (χ0) is 27.0. The number of imidazole rings is 1. The van der Waals surface area contributed by atoms with Crippen molar-refractivity contribution in [2.45, 2.75) is 25.8 Å². The zero-order valence-corrected chi connectivity index (χ0v) is 22.8. The SMILES string of the molecule is COC(=O)/C(=C\CSC)NC(=O)CN(C)Cc1ccccc1OC.O=C(Cc1cnc[nH]1)N1CCCC1. The van der Waals surface area contributed by atoms with Crippen LogP contribution in [0.1, 0.15) is 24.1 Å². The molecule has 0 aliphatic carbocycles. The molecular weight excluding hydrogens is 494 g/mol. The van der Waals surface area contributed by atoms with Gasteiger partial charge in [0.05, 0.1) is 33.5 Å². The monoisotopic (exact) mass is 531 g/mol. The van der Waals surface area contributed by atoms with Crippen molar-refractivity contribution in [2.24, 2.45) is 0 Å². The minimum atomic E-state index is -0.551. The highest BCUT2D eigenvalue weighted by atomic mass is 32.2. The van der Waals surface area contributed by atoms with E-state index in [0.717, 1.165) is 42.9 Å². The predicted octanol–water partition coefficient (Wildman–Crippen LogP) is 2.24. The Bertz CT molecular complexity index is 1020. The van der Waals surface area contributed by atoms with E-state index in [1.807, 2.05) is 47.4 Å². The molecule has 202 valence electrons. The van der Waals surface area contributed by atoms with Crippen LogP contribution >= 0.6 is 11.8 Å². The lowest BCUT2D eigenvalue weighted by Crippen LogP contribution is -2.36. The van der Waals surface area contributed by atoms with Gasteiger partial charge in [0, 0.05) is 42.8 Å². The van der Waals surface area contributed by atoms with Gasteiger partial charge in [-0.25, -0.2) is 9.78 Å². The Morgan fingerprint density at radius 1 is 1.22 bits per heavy atom. The number of hydrogen-bond donors (Lipinski definition) is 2. The summed E-state index contributed by atoms with van der Waals surface area (Å²) in [4.78, 5) is 46.0. The minimum absolute atomic E-state index is 0.144. The number of esters is 1. The smallest absolute Gasteiger partial charge is 0.354 e. The highest BCUT2D eigenvalue weighted by molar-refractivity contribution is 7.98. The number of benzene rings is 1. The first-order valence-corrected chi connectivity index (χ1v) is 13.4. The third kappa shape index (κ3) is 10.7. The second-order valence-corrected chi connectivity index (χ2v) is 9.35.